The smallest absolute Gasteiger partial charge is 0.228 e. The number of nitrogens with zero attached hydrogens (tertiary/aromatic N) is 3. The van der Waals surface area contributed by atoms with Crippen molar-refractivity contribution in [2.75, 3.05) is 23.7 Å². The Labute approximate surface area is 98.0 Å². The molecular weight excluding hydrogens is 256 g/mol. The monoisotopic (exact) mass is 270 g/mol. The lowest BCUT2D eigenvalue weighted by Crippen LogP contribution is -2.35. The summed E-state index contributed by atoms with van der Waals surface area (Å²) in [5.74, 6) is 1.97. The van der Waals surface area contributed by atoms with Crippen molar-refractivity contribution in [1.82, 2.24) is 9.97 Å². The average molecular weight is 271 g/mol. The molecule has 1 unspecified atom stereocenters. The molecule has 1 aromatic heterocycles. The number of hydrogen-bond acceptors (Lipinski definition) is 4. The summed E-state index contributed by atoms with van der Waals surface area (Å²) < 4.78 is 0.753. The molecule has 15 heavy (non-hydrogen) atoms. The van der Waals surface area contributed by atoms with Crippen molar-refractivity contribution in [3.05, 3.63) is 10.7 Å². The molecule has 4 nitrogen and oxygen atoms in total. The molecule has 0 aromatic carbocycles. The molecule has 1 saturated heterocycles. The van der Waals surface area contributed by atoms with E-state index in [4.69, 9.17) is 5.73 Å². The van der Waals surface area contributed by atoms with Crippen LogP contribution in [0.4, 0.5) is 11.8 Å². The molecule has 82 valence electrons. The van der Waals surface area contributed by atoms with Crippen LogP contribution in [-0.4, -0.2) is 23.1 Å². The number of rotatable bonds is 1. The van der Waals surface area contributed by atoms with Crippen LogP contribution in [0, 0.1) is 5.92 Å². The summed E-state index contributed by atoms with van der Waals surface area (Å²) in [6.07, 6.45) is 2.50. The second-order valence-corrected chi connectivity index (χ2v) is 4.92. The molecule has 1 fully saturated rings. The third kappa shape index (κ3) is 2.59. The number of anilines is 2. The number of piperidine rings is 1. The van der Waals surface area contributed by atoms with Gasteiger partial charge >= 0.3 is 0 Å². The minimum atomic E-state index is 0.519. The fourth-order valence-corrected chi connectivity index (χ4v) is 2.33. The van der Waals surface area contributed by atoms with Gasteiger partial charge < -0.3 is 10.6 Å². The van der Waals surface area contributed by atoms with Crippen molar-refractivity contribution in [3.63, 3.8) is 0 Å². The fraction of sp³-hybridized carbons (Fsp3) is 0.600. The van der Waals surface area contributed by atoms with E-state index in [0.717, 1.165) is 23.6 Å². The molecule has 0 spiro atoms. The molecule has 1 aliphatic rings. The van der Waals surface area contributed by atoms with Gasteiger partial charge in [-0.3, -0.25) is 0 Å². The van der Waals surface area contributed by atoms with E-state index in [0.29, 0.717) is 11.7 Å². The van der Waals surface area contributed by atoms with Crippen LogP contribution in [-0.2, 0) is 0 Å². The third-order valence-corrected chi connectivity index (χ3v) is 3.05. The third-order valence-electron chi connectivity index (χ3n) is 2.64. The lowest BCUT2D eigenvalue weighted by molar-refractivity contribution is 0.442. The molecule has 0 saturated carbocycles. The summed E-state index contributed by atoms with van der Waals surface area (Å²) >= 11 is 3.34. The molecule has 0 bridgehead atoms. The predicted octanol–water partition coefficient (Wildman–Crippen LogP) is 2.06. The van der Waals surface area contributed by atoms with E-state index in [1.54, 1.807) is 6.07 Å². The molecule has 0 amide bonds. The summed E-state index contributed by atoms with van der Waals surface area (Å²) in [5, 5.41) is 0. The van der Waals surface area contributed by atoms with Crippen LogP contribution >= 0.6 is 15.9 Å². The summed E-state index contributed by atoms with van der Waals surface area (Å²) in [6, 6.07) is 1.72. The van der Waals surface area contributed by atoms with Crippen molar-refractivity contribution >= 4 is 27.7 Å². The van der Waals surface area contributed by atoms with Gasteiger partial charge in [0.1, 0.15) is 10.4 Å². The van der Waals surface area contributed by atoms with Crippen molar-refractivity contribution in [2.45, 2.75) is 19.8 Å². The van der Waals surface area contributed by atoms with Crippen molar-refractivity contribution in [3.8, 4) is 0 Å². The zero-order valence-corrected chi connectivity index (χ0v) is 10.4. The standard InChI is InChI=1S/C10H15BrN4/c1-7-3-2-4-15(6-7)10-13-8(11)5-9(12)14-10/h5,7H,2-4,6H2,1H3,(H2,12,13,14). The zero-order chi connectivity index (χ0) is 10.8. The second kappa shape index (κ2) is 4.35. The van der Waals surface area contributed by atoms with Crippen LogP contribution in [0.25, 0.3) is 0 Å². The molecule has 1 atom stereocenters. The molecule has 0 radical (unpaired) electrons. The lowest BCUT2D eigenvalue weighted by atomic mass is 10.0. The quantitative estimate of drug-likeness (QED) is 0.794. The van der Waals surface area contributed by atoms with Gasteiger partial charge in [0.15, 0.2) is 0 Å². The Morgan fingerprint density at radius 1 is 1.53 bits per heavy atom. The molecule has 2 heterocycles. The maximum atomic E-state index is 5.69. The number of aromatic nitrogens is 2. The maximum absolute atomic E-state index is 5.69. The summed E-state index contributed by atoms with van der Waals surface area (Å²) in [6.45, 7) is 4.31. The largest absolute Gasteiger partial charge is 0.383 e. The SMILES string of the molecule is CC1CCCN(c2nc(N)cc(Br)n2)C1. The van der Waals surface area contributed by atoms with Gasteiger partial charge in [-0.25, -0.2) is 4.98 Å². The highest BCUT2D eigenvalue weighted by Crippen LogP contribution is 2.22. The van der Waals surface area contributed by atoms with Crippen molar-refractivity contribution in [2.24, 2.45) is 5.92 Å². The lowest BCUT2D eigenvalue weighted by Gasteiger charge is -2.30. The van der Waals surface area contributed by atoms with Gasteiger partial charge in [0.05, 0.1) is 0 Å². The Bertz CT molecular complexity index is 335. The predicted molar refractivity (Wildman–Crippen MR) is 64.8 cm³/mol. The Balaban J connectivity index is 2.20. The minimum absolute atomic E-state index is 0.519. The Morgan fingerprint density at radius 3 is 3.00 bits per heavy atom. The van der Waals surface area contributed by atoms with E-state index in [9.17, 15) is 0 Å². The van der Waals surface area contributed by atoms with Gasteiger partial charge in [-0.2, -0.15) is 4.98 Å². The molecule has 2 N–H and O–H groups in total. The first-order chi connectivity index (χ1) is 7.15. The number of nitrogens with two attached hydrogens (primary N) is 1. The number of hydrogen-bond donors (Lipinski definition) is 1. The maximum Gasteiger partial charge on any atom is 0.228 e. The molecular formula is C10H15BrN4. The van der Waals surface area contributed by atoms with Crippen LogP contribution in [0.1, 0.15) is 19.8 Å². The summed E-state index contributed by atoms with van der Waals surface area (Å²) in [7, 11) is 0. The highest BCUT2D eigenvalue weighted by Gasteiger charge is 2.18. The highest BCUT2D eigenvalue weighted by molar-refractivity contribution is 9.10. The minimum Gasteiger partial charge on any atom is -0.383 e. The van der Waals surface area contributed by atoms with Gasteiger partial charge in [0.25, 0.3) is 0 Å². The van der Waals surface area contributed by atoms with E-state index in [1.165, 1.54) is 12.8 Å². The van der Waals surface area contributed by atoms with E-state index in [2.05, 4.69) is 37.7 Å². The first kappa shape index (κ1) is 10.7. The van der Waals surface area contributed by atoms with E-state index in [1.807, 2.05) is 0 Å². The average Bonchev–Trinajstić information content (AvgIpc) is 2.16. The van der Waals surface area contributed by atoms with Crippen LogP contribution < -0.4 is 10.6 Å². The van der Waals surface area contributed by atoms with Crippen LogP contribution in [0.2, 0.25) is 0 Å². The molecule has 1 aliphatic heterocycles. The highest BCUT2D eigenvalue weighted by atomic mass is 79.9. The molecule has 5 heteroatoms. The van der Waals surface area contributed by atoms with E-state index in [-0.39, 0.29) is 0 Å². The topological polar surface area (TPSA) is 55.0 Å². The normalized spacial score (nSPS) is 21.7. The van der Waals surface area contributed by atoms with Crippen molar-refractivity contribution in [1.29, 1.82) is 0 Å². The van der Waals surface area contributed by atoms with Gasteiger partial charge in [-0.1, -0.05) is 6.92 Å². The second-order valence-electron chi connectivity index (χ2n) is 4.11. The van der Waals surface area contributed by atoms with Crippen LogP contribution in [0.15, 0.2) is 10.7 Å². The Morgan fingerprint density at radius 2 is 2.33 bits per heavy atom. The molecule has 0 aliphatic carbocycles. The van der Waals surface area contributed by atoms with Crippen LogP contribution in [0.5, 0.6) is 0 Å². The van der Waals surface area contributed by atoms with Gasteiger partial charge in [-0.15, -0.1) is 0 Å². The number of halogens is 1. The van der Waals surface area contributed by atoms with Crippen molar-refractivity contribution < 1.29 is 0 Å². The van der Waals surface area contributed by atoms with E-state index < -0.39 is 0 Å². The van der Waals surface area contributed by atoms with E-state index >= 15 is 0 Å². The summed E-state index contributed by atoms with van der Waals surface area (Å²) in [5.41, 5.74) is 5.69. The zero-order valence-electron chi connectivity index (χ0n) is 8.78. The summed E-state index contributed by atoms with van der Waals surface area (Å²) in [4.78, 5) is 10.8. The fourth-order valence-electron chi connectivity index (χ4n) is 1.94. The molecule has 1 aromatic rings. The first-order valence-electron chi connectivity index (χ1n) is 5.20. The molecule has 2 rings (SSSR count). The number of nitrogen functional groups attached to an aromatic ring is 1. The Kier molecular flexibility index (Phi) is 3.09. The van der Waals surface area contributed by atoms with Gasteiger partial charge in [0, 0.05) is 19.2 Å². The van der Waals surface area contributed by atoms with Crippen LogP contribution in [0.3, 0.4) is 0 Å². The van der Waals surface area contributed by atoms with Gasteiger partial charge in [0.2, 0.25) is 5.95 Å². The Hall–Kier alpha value is -0.840. The first-order valence-corrected chi connectivity index (χ1v) is 5.99. The van der Waals surface area contributed by atoms with Gasteiger partial charge in [-0.05, 0) is 34.7 Å².